The van der Waals surface area contributed by atoms with Crippen LogP contribution < -0.4 is 15.0 Å². The number of methoxy groups -OCH3 is 1. The predicted molar refractivity (Wildman–Crippen MR) is 142 cm³/mol. The van der Waals surface area contributed by atoms with Crippen molar-refractivity contribution < 1.29 is 19.1 Å². The number of nitrogens with one attached hydrogen (secondary N) is 1. The normalized spacial score (nSPS) is 11.9. The predicted octanol–water partition coefficient (Wildman–Crippen LogP) is 5.99. The van der Waals surface area contributed by atoms with E-state index in [-0.39, 0.29) is 13.0 Å². The third-order valence-corrected chi connectivity index (χ3v) is 7.46. The van der Waals surface area contributed by atoms with Crippen molar-refractivity contribution in [2.24, 2.45) is 0 Å². The zero-order valence-electron chi connectivity index (χ0n) is 19.5. The molecule has 1 aromatic heterocycles. The molecule has 0 aliphatic carbocycles. The number of aromatic nitrogens is 1. The third kappa shape index (κ3) is 5.37. The van der Waals surface area contributed by atoms with Crippen LogP contribution in [-0.2, 0) is 14.3 Å². The van der Waals surface area contributed by atoms with Gasteiger partial charge in [-0.2, -0.15) is 0 Å². The summed E-state index contributed by atoms with van der Waals surface area (Å²) in [5, 5.41) is 5.00. The van der Waals surface area contributed by atoms with Gasteiger partial charge < -0.3 is 14.4 Å². The van der Waals surface area contributed by atoms with E-state index in [9.17, 15) is 9.59 Å². The molecule has 1 aliphatic heterocycles. The highest BCUT2D eigenvalue weighted by molar-refractivity contribution is 7.99. The number of fused-ring (bicyclic) bond motifs is 2. The van der Waals surface area contributed by atoms with E-state index in [0.29, 0.717) is 11.7 Å². The number of carbonyl (C=O) groups is 2. The van der Waals surface area contributed by atoms with Crippen LogP contribution in [0.3, 0.4) is 0 Å². The maximum Gasteiger partial charge on any atom is 0.308 e. The van der Waals surface area contributed by atoms with Gasteiger partial charge in [0.2, 0.25) is 0 Å². The molecule has 0 fully saturated rings. The molecule has 3 aromatic carbocycles. The van der Waals surface area contributed by atoms with Gasteiger partial charge in [-0.05, 0) is 48.5 Å². The lowest BCUT2D eigenvalue weighted by molar-refractivity contribution is -0.147. The molecule has 0 radical (unpaired) electrons. The average Bonchev–Trinajstić information content (AvgIpc) is 3.38. The highest BCUT2D eigenvalue weighted by Crippen LogP contribution is 2.47. The van der Waals surface area contributed by atoms with Gasteiger partial charge in [-0.15, -0.1) is 11.3 Å². The van der Waals surface area contributed by atoms with Crippen LogP contribution >= 0.6 is 23.1 Å². The zero-order valence-corrected chi connectivity index (χ0v) is 21.1. The van der Waals surface area contributed by atoms with E-state index in [2.05, 4.69) is 27.3 Å². The number of carbonyl (C=O) groups excluding carboxylic acids is 2. The second kappa shape index (κ2) is 10.8. The highest BCUT2D eigenvalue weighted by atomic mass is 32.2. The quantitative estimate of drug-likeness (QED) is 0.287. The minimum absolute atomic E-state index is 0.152. The number of hydrogen-bond acceptors (Lipinski definition) is 8. The average molecular weight is 518 g/mol. The number of thiazole rings is 1. The monoisotopic (exact) mass is 517 g/mol. The Balaban J connectivity index is 1.14. The van der Waals surface area contributed by atoms with Gasteiger partial charge in [0.15, 0.2) is 11.7 Å². The summed E-state index contributed by atoms with van der Waals surface area (Å²) in [5.41, 5.74) is 3.78. The molecule has 1 N–H and O–H groups in total. The fraction of sp³-hybridized carbons (Fsp3) is 0.148. The fourth-order valence-corrected chi connectivity index (χ4v) is 5.66. The van der Waals surface area contributed by atoms with E-state index in [1.165, 1.54) is 11.3 Å². The Kier molecular flexibility index (Phi) is 7.20. The molecule has 5 rings (SSSR count). The van der Waals surface area contributed by atoms with Crippen LogP contribution in [0.1, 0.15) is 6.42 Å². The SMILES string of the molecule is COc1ccc(-c2csc(NC(=O)COC(=O)CCN3c4ccccc4Sc4ccccc43)n2)cc1. The molecule has 0 atom stereocenters. The van der Waals surface area contributed by atoms with Crippen molar-refractivity contribution in [1.29, 1.82) is 0 Å². The van der Waals surface area contributed by atoms with Crippen molar-refractivity contribution in [2.75, 3.05) is 30.5 Å². The van der Waals surface area contributed by atoms with Crippen molar-refractivity contribution in [1.82, 2.24) is 4.98 Å². The summed E-state index contributed by atoms with van der Waals surface area (Å²) in [6.07, 6.45) is 0.152. The molecule has 0 spiro atoms. The van der Waals surface area contributed by atoms with Gasteiger partial charge >= 0.3 is 5.97 Å². The molecule has 36 heavy (non-hydrogen) atoms. The van der Waals surface area contributed by atoms with Gasteiger partial charge in [0.05, 0.1) is 30.6 Å². The Hall–Kier alpha value is -3.82. The number of para-hydroxylation sites is 2. The van der Waals surface area contributed by atoms with Gasteiger partial charge in [0.1, 0.15) is 5.75 Å². The standard InChI is InChI=1S/C27H23N3O4S2/c1-33-19-12-10-18(11-13-19)20-17-35-27(28-20)29-25(31)16-34-26(32)14-15-30-21-6-2-4-8-23(21)36-24-9-5-3-7-22(24)30/h2-13,17H,14-16H2,1H3,(H,28,29,31). The highest BCUT2D eigenvalue weighted by Gasteiger charge is 2.23. The number of benzene rings is 3. The van der Waals surface area contributed by atoms with Crippen LogP contribution in [0.4, 0.5) is 16.5 Å². The molecule has 0 unspecified atom stereocenters. The first-order chi connectivity index (χ1) is 17.6. The summed E-state index contributed by atoms with van der Waals surface area (Å²) in [7, 11) is 1.61. The first-order valence-electron chi connectivity index (χ1n) is 11.3. The van der Waals surface area contributed by atoms with E-state index in [0.717, 1.165) is 38.2 Å². The molecule has 0 saturated carbocycles. The third-order valence-electron chi connectivity index (χ3n) is 5.57. The minimum atomic E-state index is -0.434. The summed E-state index contributed by atoms with van der Waals surface area (Å²) in [4.78, 5) is 33.6. The second-order valence-corrected chi connectivity index (χ2v) is 9.86. The summed E-state index contributed by atoms with van der Waals surface area (Å²) in [6.45, 7) is 0.0893. The summed E-state index contributed by atoms with van der Waals surface area (Å²) in [6, 6.07) is 23.7. The van der Waals surface area contributed by atoms with Crippen LogP contribution in [0.2, 0.25) is 0 Å². The van der Waals surface area contributed by atoms with Gasteiger partial charge in [0.25, 0.3) is 5.91 Å². The first-order valence-corrected chi connectivity index (χ1v) is 13.0. The van der Waals surface area contributed by atoms with Gasteiger partial charge in [-0.1, -0.05) is 36.0 Å². The van der Waals surface area contributed by atoms with Gasteiger partial charge in [-0.25, -0.2) is 4.98 Å². The molecule has 1 amide bonds. The van der Waals surface area contributed by atoms with Crippen molar-refractivity contribution in [3.8, 4) is 17.0 Å². The maximum absolute atomic E-state index is 12.5. The molecule has 7 nitrogen and oxygen atoms in total. The number of rotatable bonds is 8. The minimum Gasteiger partial charge on any atom is -0.497 e. The van der Waals surface area contributed by atoms with Crippen molar-refractivity contribution in [2.45, 2.75) is 16.2 Å². The second-order valence-electron chi connectivity index (χ2n) is 7.91. The lowest BCUT2D eigenvalue weighted by Gasteiger charge is -2.32. The molecule has 182 valence electrons. The fourth-order valence-electron chi connectivity index (χ4n) is 3.82. The van der Waals surface area contributed by atoms with Crippen LogP contribution in [0, 0.1) is 0 Å². The van der Waals surface area contributed by atoms with Crippen molar-refractivity contribution in [3.63, 3.8) is 0 Å². The Morgan fingerprint density at radius 3 is 2.28 bits per heavy atom. The number of ether oxygens (including phenoxy) is 2. The lowest BCUT2D eigenvalue weighted by atomic mass is 10.2. The first kappa shape index (κ1) is 23.9. The Labute approximate surface area is 217 Å². The smallest absolute Gasteiger partial charge is 0.308 e. The molecule has 0 bridgehead atoms. The van der Waals surface area contributed by atoms with Crippen LogP contribution in [0.15, 0.2) is 88.0 Å². The van der Waals surface area contributed by atoms with Gasteiger partial charge in [0, 0.05) is 27.3 Å². The van der Waals surface area contributed by atoms with Crippen LogP contribution in [-0.4, -0.2) is 37.1 Å². The molecular weight excluding hydrogens is 494 g/mol. The summed E-state index contributed by atoms with van der Waals surface area (Å²) >= 11 is 3.03. The Bertz CT molecular complexity index is 1340. The van der Waals surface area contributed by atoms with Crippen molar-refractivity contribution in [3.05, 3.63) is 78.2 Å². The number of nitrogens with zero attached hydrogens (tertiary/aromatic N) is 2. The molecule has 1 aliphatic rings. The van der Waals surface area contributed by atoms with Crippen molar-refractivity contribution >= 4 is 51.5 Å². The number of anilines is 3. The molecular formula is C27H23N3O4S2. The zero-order chi connectivity index (χ0) is 24.9. The topological polar surface area (TPSA) is 80.8 Å². The van der Waals surface area contributed by atoms with Crippen LogP contribution in [0.5, 0.6) is 5.75 Å². The summed E-state index contributed by atoms with van der Waals surface area (Å²) in [5.74, 6) is -0.0997. The maximum atomic E-state index is 12.5. The summed E-state index contributed by atoms with van der Waals surface area (Å²) < 4.78 is 10.4. The number of amides is 1. The number of hydrogen-bond donors (Lipinski definition) is 1. The largest absolute Gasteiger partial charge is 0.497 e. The van der Waals surface area contributed by atoms with E-state index < -0.39 is 11.9 Å². The Morgan fingerprint density at radius 2 is 1.61 bits per heavy atom. The van der Waals surface area contributed by atoms with Gasteiger partial charge in [-0.3, -0.25) is 14.9 Å². The number of esters is 1. The molecule has 2 heterocycles. The molecule has 0 saturated heterocycles. The van der Waals surface area contributed by atoms with E-state index in [1.54, 1.807) is 18.9 Å². The van der Waals surface area contributed by atoms with E-state index in [4.69, 9.17) is 9.47 Å². The Morgan fingerprint density at radius 1 is 0.944 bits per heavy atom. The molecule has 4 aromatic rings. The molecule has 9 heteroatoms. The lowest BCUT2D eigenvalue weighted by Crippen LogP contribution is -2.26. The van der Waals surface area contributed by atoms with E-state index >= 15 is 0 Å². The van der Waals surface area contributed by atoms with E-state index in [1.807, 2.05) is 66.0 Å². The van der Waals surface area contributed by atoms with Crippen LogP contribution in [0.25, 0.3) is 11.3 Å².